The average molecular weight is 257 g/mol. The van der Waals surface area contributed by atoms with E-state index < -0.39 is 0 Å². The highest BCUT2D eigenvalue weighted by atomic mass is 35.5. The van der Waals surface area contributed by atoms with Crippen LogP contribution in [0.2, 0.25) is 5.15 Å². The van der Waals surface area contributed by atoms with Gasteiger partial charge in [0.25, 0.3) is 0 Å². The second-order valence-electron chi connectivity index (χ2n) is 5.12. The maximum absolute atomic E-state index is 6.25. The number of rotatable bonds is 3. The van der Waals surface area contributed by atoms with E-state index in [2.05, 4.69) is 29.0 Å². The Morgan fingerprint density at radius 1 is 1.47 bits per heavy atom. The molecule has 1 aromatic rings. The van der Waals surface area contributed by atoms with E-state index in [0.29, 0.717) is 6.04 Å². The molecule has 0 N–H and O–H groups in total. The minimum atomic E-state index is 0.672. The molecule has 17 heavy (non-hydrogen) atoms. The Balaban J connectivity index is 2.03. The summed E-state index contributed by atoms with van der Waals surface area (Å²) in [6.45, 7) is 5.22. The molecular weight excluding hydrogens is 236 g/mol. The molecule has 1 aromatic heterocycles. The number of hydrogen-bond acceptors (Lipinski definition) is 3. The monoisotopic (exact) mass is 256 g/mol. The van der Waals surface area contributed by atoms with Crippen molar-refractivity contribution >= 4 is 11.6 Å². The van der Waals surface area contributed by atoms with Crippen LogP contribution in [0.3, 0.4) is 0 Å². The van der Waals surface area contributed by atoms with Gasteiger partial charge in [-0.1, -0.05) is 11.6 Å². The van der Waals surface area contributed by atoms with Gasteiger partial charge in [-0.25, -0.2) is 0 Å². The van der Waals surface area contributed by atoms with E-state index in [-0.39, 0.29) is 0 Å². The fraction of sp³-hybridized carbons (Fsp3) is 0.750. The van der Waals surface area contributed by atoms with Gasteiger partial charge in [-0.2, -0.15) is 5.10 Å². The van der Waals surface area contributed by atoms with Gasteiger partial charge in [0.2, 0.25) is 0 Å². The van der Waals surface area contributed by atoms with Crippen LogP contribution in [0, 0.1) is 6.92 Å². The molecule has 1 fully saturated rings. The van der Waals surface area contributed by atoms with Crippen molar-refractivity contribution in [2.24, 2.45) is 7.05 Å². The number of aromatic nitrogens is 2. The van der Waals surface area contributed by atoms with Gasteiger partial charge in [0.1, 0.15) is 5.15 Å². The summed E-state index contributed by atoms with van der Waals surface area (Å²) >= 11 is 6.25. The molecule has 96 valence electrons. The third kappa shape index (κ3) is 2.64. The zero-order valence-electron chi connectivity index (χ0n) is 11.1. The lowest BCUT2D eigenvalue weighted by molar-refractivity contribution is 0.264. The first-order valence-electron chi connectivity index (χ1n) is 6.05. The van der Waals surface area contributed by atoms with Gasteiger partial charge in [-0.05, 0) is 27.4 Å². The van der Waals surface area contributed by atoms with Crippen LogP contribution in [0.15, 0.2) is 0 Å². The summed E-state index contributed by atoms with van der Waals surface area (Å²) in [5.74, 6) is 0. The Morgan fingerprint density at radius 2 is 2.18 bits per heavy atom. The zero-order valence-corrected chi connectivity index (χ0v) is 11.8. The van der Waals surface area contributed by atoms with Gasteiger partial charge < -0.3 is 4.90 Å². The molecule has 1 aliphatic rings. The van der Waals surface area contributed by atoms with Crippen LogP contribution >= 0.6 is 11.6 Å². The standard InChI is InChI=1S/C12H21ClN4/c1-9-11(12(13)16(4)14-9)8-17-6-5-10(7-17)15(2)3/h10H,5-8H2,1-4H3. The van der Waals surface area contributed by atoms with Crippen molar-refractivity contribution in [3.05, 3.63) is 16.4 Å². The van der Waals surface area contributed by atoms with Crippen molar-refractivity contribution in [1.82, 2.24) is 19.6 Å². The summed E-state index contributed by atoms with van der Waals surface area (Å²) in [7, 11) is 6.19. The SMILES string of the molecule is Cc1nn(C)c(Cl)c1CN1CCC(N(C)C)C1. The lowest BCUT2D eigenvalue weighted by Gasteiger charge is -2.20. The predicted octanol–water partition coefficient (Wildman–Crippen LogP) is 1.52. The molecular formula is C12H21ClN4. The fourth-order valence-electron chi connectivity index (χ4n) is 2.45. The molecule has 0 aromatic carbocycles. The van der Waals surface area contributed by atoms with E-state index in [1.165, 1.54) is 12.0 Å². The minimum Gasteiger partial charge on any atom is -0.305 e. The summed E-state index contributed by atoms with van der Waals surface area (Å²) in [5.41, 5.74) is 2.22. The molecule has 0 saturated carbocycles. The molecule has 0 amide bonds. The number of hydrogen-bond donors (Lipinski definition) is 0. The summed E-state index contributed by atoms with van der Waals surface area (Å²) in [6, 6.07) is 0.672. The molecule has 1 unspecified atom stereocenters. The number of nitrogens with zero attached hydrogens (tertiary/aromatic N) is 4. The normalized spacial score (nSPS) is 21.6. The van der Waals surface area contributed by atoms with Crippen LogP contribution in [0.1, 0.15) is 17.7 Å². The van der Waals surface area contributed by atoms with Crippen LogP contribution in [-0.2, 0) is 13.6 Å². The number of likely N-dealkylation sites (tertiary alicyclic amines) is 1. The van der Waals surface area contributed by atoms with Crippen molar-refractivity contribution < 1.29 is 0 Å². The number of halogens is 1. The molecule has 2 rings (SSSR count). The topological polar surface area (TPSA) is 24.3 Å². The third-order valence-electron chi connectivity index (χ3n) is 3.63. The molecule has 5 heteroatoms. The summed E-state index contributed by atoms with van der Waals surface area (Å²) in [6.07, 6.45) is 1.24. The smallest absolute Gasteiger partial charge is 0.131 e. The molecule has 1 saturated heterocycles. The first-order chi connectivity index (χ1) is 7.99. The van der Waals surface area contributed by atoms with Gasteiger partial charge in [0.15, 0.2) is 0 Å². The Hall–Kier alpha value is -0.580. The maximum atomic E-state index is 6.25. The molecule has 1 atom stereocenters. The Kier molecular flexibility index (Phi) is 3.76. The van der Waals surface area contributed by atoms with Crippen LogP contribution in [0.4, 0.5) is 0 Å². The second kappa shape index (κ2) is 4.96. The van der Waals surface area contributed by atoms with Gasteiger partial charge in [0.05, 0.1) is 5.69 Å². The largest absolute Gasteiger partial charge is 0.305 e. The Bertz CT molecular complexity index is 399. The summed E-state index contributed by atoms with van der Waals surface area (Å²) in [4.78, 5) is 4.76. The maximum Gasteiger partial charge on any atom is 0.131 e. The highest BCUT2D eigenvalue weighted by molar-refractivity contribution is 6.30. The van der Waals surface area contributed by atoms with Gasteiger partial charge in [-0.3, -0.25) is 9.58 Å². The van der Waals surface area contributed by atoms with Crippen LogP contribution < -0.4 is 0 Å². The van der Waals surface area contributed by atoms with Crippen molar-refractivity contribution in [1.29, 1.82) is 0 Å². The minimum absolute atomic E-state index is 0.672. The first kappa shape index (κ1) is 12.9. The molecule has 0 aliphatic carbocycles. The molecule has 4 nitrogen and oxygen atoms in total. The highest BCUT2D eigenvalue weighted by Gasteiger charge is 2.25. The molecule has 1 aliphatic heterocycles. The van der Waals surface area contributed by atoms with E-state index in [1.807, 2.05) is 14.0 Å². The van der Waals surface area contributed by atoms with E-state index in [0.717, 1.165) is 30.5 Å². The van der Waals surface area contributed by atoms with Crippen molar-refractivity contribution in [2.45, 2.75) is 25.9 Å². The second-order valence-corrected chi connectivity index (χ2v) is 5.48. The van der Waals surface area contributed by atoms with Crippen molar-refractivity contribution in [3.8, 4) is 0 Å². The van der Waals surface area contributed by atoms with E-state index in [9.17, 15) is 0 Å². The van der Waals surface area contributed by atoms with Crippen LogP contribution in [0.5, 0.6) is 0 Å². The van der Waals surface area contributed by atoms with Crippen molar-refractivity contribution in [2.75, 3.05) is 27.2 Å². The predicted molar refractivity (Wildman–Crippen MR) is 70.3 cm³/mol. The molecule has 2 heterocycles. The zero-order chi connectivity index (χ0) is 12.6. The van der Waals surface area contributed by atoms with E-state index in [1.54, 1.807) is 4.68 Å². The van der Waals surface area contributed by atoms with E-state index >= 15 is 0 Å². The number of aryl methyl sites for hydroxylation is 2. The summed E-state index contributed by atoms with van der Waals surface area (Å²) in [5, 5.41) is 5.13. The lowest BCUT2D eigenvalue weighted by Crippen LogP contribution is -2.31. The van der Waals surface area contributed by atoms with Gasteiger partial charge in [0, 0.05) is 38.3 Å². The highest BCUT2D eigenvalue weighted by Crippen LogP contribution is 2.23. The Labute approximate surface area is 108 Å². The average Bonchev–Trinajstić information content (AvgIpc) is 2.80. The lowest BCUT2D eigenvalue weighted by atomic mass is 10.2. The molecule has 0 radical (unpaired) electrons. The van der Waals surface area contributed by atoms with E-state index in [4.69, 9.17) is 11.6 Å². The van der Waals surface area contributed by atoms with Crippen molar-refractivity contribution in [3.63, 3.8) is 0 Å². The fourth-order valence-corrected chi connectivity index (χ4v) is 2.69. The summed E-state index contributed by atoms with van der Waals surface area (Å²) < 4.78 is 1.76. The van der Waals surface area contributed by atoms with Crippen LogP contribution in [0.25, 0.3) is 0 Å². The van der Waals surface area contributed by atoms with Gasteiger partial charge >= 0.3 is 0 Å². The van der Waals surface area contributed by atoms with Crippen LogP contribution in [-0.4, -0.2) is 52.8 Å². The first-order valence-corrected chi connectivity index (χ1v) is 6.43. The quantitative estimate of drug-likeness (QED) is 0.820. The molecule has 0 spiro atoms. The Morgan fingerprint density at radius 3 is 2.65 bits per heavy atom. The van der Waals surface area contributed by atoms with Gasteiger partial charge in [-0.15, -0.1) is 0 Å². The number of likely N-dealkylation sites (N-methyl/N-ethyl adjacent to an activating group) is 1. The molecule has 0 bridgehead atoms. The third-order valence-corrected chi connectivity index (χ3v) is 4.10.